The summed E-state index contributed by atoms with van der Waals surface area (Å²) in [6, 6.07) is 7.67. The Bertz CT molecular complexity index is 591. The van der Waals surface area contributed by atoms with Crippen molar-refractivity contribution >= 4 is 0 Å². The van der Waals surface area contributed by atoms with Crippen LogP contribution in [-0.2, 0) is 0 Å². The molecule has 19 heavy (non-hydrogen) atoms. The van der Waals surface area contributed by atoms with E-state index in [4.69, 9.17) is 4.74 Å². The van der Waals surface area contributed by atoms with E-state index in [1.165, 1.54) is 5.56 Å². The molecule has 1 aromatic heterocycles. The third-order valence-corrected chi connectivity index (χ3v) is 3.32. The standard InChI is InChI=1S/C16H19NO2/c1-10-5-6-11(2)16(12(10)3)19-15-9-14(13(4)18)7-8-17-15/h5-9,13,18H,1-4H3/t13-/m1/s1. The molecule has 3 heteroatoms. The van der Waals surface area contributed by atoms with Gasteiger partial charge in [0.05, 0.1) is 6.10 Å². The number of hydrogen-bond acceptors (Lipinski definition) is 3. The largest absolute Gasteiger partial charge is 0.438 e. The topological polar surface area (TPSA) is 42.4 Å². The molecular formula is C16H19NO2. The molecule has 0 radical (unpaired) electrons. The molecular weight excluding hydrogens is 238 g/mol. The molecule has 0 fully saturated rings. The second-order valence-electron chi connectivity index (χ2n) is 4.86. The van der Waals surface area contributed by atoms with Gasteiger partial charge in [-0.1, -0.05) is 12.1 Å². The number of pyridine rings is 1. The summed E-state index contributed by atoms with van der Waals surface area (Å²) in [5, 5.41) is 9.58. The van der Waals surface area contributed by atoms with Gasteiger partial charge >= 0.3 is 0 Å². The Morgan fingerprint density at radius 1 is 1.11 bits per heavy atom. The number of benzene rings is 1. The van der Waals surface area contributed by atoms with E-state index in [9.17, 15) is 5.11 Å². The molecule has 1 N–H and O–H groups in total. The highest BCUT2D eigenvalue weighted by molar-refractivity contribution is 5.46. The van der Waals surface area contributed by atoms with E-state index in [0.717, 1.165) is 22.4 Å². The van der Waals surface area contributed by atoms with Crippen LogP contribution in [-0.4, -0.2) is 10.1 Å². The van der Waals surface area contributed by atoms with Gasteiger partial charge in [-0.3, -0.25) is 0 Å². The van der Waals surface area contributed by atoms with Gasteiger partial charge in [0.25, 0.3) is 0 Å². The highest BCUT2D eigenvalue weighted by Gasteiger charge is 2.09. The number of hydrogen-bond donors (Lipinski definition) is 1. The van der Waals surface area contributed by atoms with Crippen LogP contribution in [0.25, 0.3) is 0 Å². The fraction of sp³-hybridized carbons (Fsp3) is 0.312. The minimum Gasteiger partial charge on any atom is -0.438 e. The number of aromatic nitrogens is 1. The molecule has 0 spiro atoms. The Hall–Kier alpha value is -1.87. The predicted molar refractivity (Wildman–Crippen MR) is 75.6 cm³/mol. The Morgan fingerprint density at radius 2 is 1.79 bits per heavy atom. The molecule has 0 bridgehead atoms. The summed E-state index contributed by atoms with van der Waals surface area (Å²) in [6.07, 6.45) is 1.13. The van der Waals surface area contributed by atoms with Gasteiger partial charge in [0.15, 0.2) is 0 Å². The van der Waals surface area contributed by atoms with E-state index in [0.29, 0.717) is 5.88 Å². The number of aliphatic hydroxyl groups excluding tert-OH is 1. The summed E-state index contributed by atoms with van der Waals surface area (Å²) in [5.41, 5.74) is 4.18. The predicted octanol–water partition coefficient (Wildman–Crippen LogP) is 3.85. The van der Waals surface area contributed by atoms with Crippen molar-refractivity contribution in [2.75, 3.05) is 0 Å². The summed E-state index contributed by atoms with van der Waals surface area (Å²) in [7, 11) is 0. The van der Waals surface area contributed by atoms with Gasteiger partial charge in [0.2, 0.25) is 5.88 Å². The molecule has 100 valence electrons. The van der Waals surface area contributed by atoms with Crippen molar-refractivity contribution in [3.8, 4) is 11.6 Å². The summed E-state index contributed by atoms with van der Waals surface area (Å²) in [5.74, 6) is 1.35. The van der Waals surface area contributed by atoms with Crippen LogP contribution < -0.4 is 4.74 Å². The first kappa shape index (κ1) is 13.6. The zero-order chi connectivity index (χ0) is 14.0. The highest BCUT2D eigenvalue weighted by atomic mass is 16.5. The van der Waals surface area contributed by atoms with Gasteiger partial charge in [0.1, 0.15) is 5.75 Å². The van der Waals surface area contributed by atoms with Crippen LogP contribution in [0.1, 0.15) is 35.3 Å². The average Bonchev–Trinajstić information content (AvgIpc) is 2.39. The zero-order valence-electron chi connectivity index (χ0n) is 11.8. The fourth-order valence-electron chi connectivity index (χ4n) is 1.93. The van der Waals surface area contributed by atoms with Gasteiger partial charge in [-0.05, 0) is 56.0 Å². The molecule has 1 heterocycles. The lowest BCUT2D eigenvalue weighted by atomic mass is 10.1. The Morgan fingerprint density at radius 3 is 2.47 bits per heavy atom. The maximum Gasteiger partial charge on any atom is 0.219 e. The quantitative estimate of drug-likeness (QED) is 0.908. The van der Waals surface area contributed by atoms with Crippen LogP contribution >= 0.6 is 0 Å². The van der Waals surface area contributed by atoms with Crippen LogP contribution in [0, 0.1) is 20.8 Å². The molecule has 3 nitrogen and oxygen atoms in total. The summed E-state index contributed by atoms with van der Waals surface area (Å²) in [6.45, 7) is 7.83. The molecule has 0 aliphatic rings. The highest BCUT2D eigenvalue weighted by Crippen LogP contribution is 2.30. The molecule has 0 aliphatic heterocycles. The molecule has 2 rings (SSSR count). The first-order valence-electron chi connectivity index (χ1n) is 6.37. The number of ether oxygens (including phenoxy) is 1. The summed E-state index contributed by atoms with van der Waals surface area (Å²) >= 11 is 0. The van der Waals surface area contributed by atoms with Crippen LogP contribution in [0.4, 0.5) is 0 Å². The monoisotopic (exact) mass is 257 g/mol. The van der Waals surface area contributed by atoms with Gasteiger partial charge < -0.3 is 9.84 Å². The fourth-order valence-corrected chi connectivity index (χ4v) is 1.93. The van der Waals surface area contributed by atoms with Crippen molar-refractivity contribution in [1.29, 1.82) is 0 Å². The first-order valence-corrected chi connectivity index (χ1v) is 6.37. The van der Waals surface area contributed by atoms with E-state index < -0.39 is 6.10 Å². The third kappa shape index (κ3) is 2.93. The number of nitrogens with zero attached hydrogens (tertiary/aromatic N) is 1. The zero-order valence-corrected chi connectivity index (χ0v) is 11.8. The molecule has 0 saturated carbocycles. The second kappa shape index (κ2) is 5.41. The van der Waals surface area contributed by atoms with Crippen LogP contribution in [0.5, 0.6) is 11.6 Å². The van der Waals surface area contributed by atoms with Crippen molar-refractivity contribution < 1.29 is 9.84 Å². The Labute approximate surface area is 113 Å². The molecule has 0 saturated heterocycles. The van der Waals surface area contributed by atoms with E-state index in [1.54, 1.807) is 25.3 Å². The maximum absolute atomic E-state index is 9.58. The Balaban J connectivity index is 2.36. The van der Waals surface area contributed by atoms with Crippen molar-refractivity contribution in [2.45, 2.75) is 33.8 Å². The molecule has 0 amide bonds. The molecule has 0 aliphatic carbocycles. The Kier molecular flexibility index (Phi) is 3.86. The molecule has 0 unspecified atom stereocenters. The van der Waals surface area contributed by atoms with Crippen LogP contribution in [0.2, 0.25) is 0 Å². The second-order valence-corrected chi connectivity index (χ2v) is 4.86. The van der Waals surface area contributed by atoms with Gasteiger partial charge in [-0.15, -0.1) is 0 Å². The number of aliphatic hydroxyl groups is 1. The van der Waals surface area contributed by atoms with E-state index >= 15 is 0 Å². The lowest BCUT2D eigenvalue weighted by Gasteiger charge is -2.14. The summed E-state index contributed by atoms with van der Waals surface area (Å²) in [4.78, 5) is 4.20. The van der Waals surface area contributed by atoms with Crippen molar-refractivity contribution in [3.63, 3.8) is 0 Å². The van der Waals surface area contributed by atoms with Crippen molar-refractivity contribution in [2.24, 2.45) is 0 Å². The van der Waals surface area contributed by atoms with Gasteiger partial charge in [0, 0.05) is 12.3 Å². The molecule has 2 aromatic rings. The van der Waals surface area contributed by atoms with Crippen molar-refractivity contribution in [3.05, 3.63) is 52.7 Å². The number of rotatable bonds is 3. The molecule has 1 atom stereocenters. The normalized spacial score (nSPS) is 12.3. The average molecular weight is 257 g/mol. The SMILES string of the molecule is Cc1ccc(C)c(Oc2cc([C@@H](C)O)ccn2)c1C. The van der Waals surface area contributed by atoms with Crippen molar-refractivity contribution in [1.82, 2.24) is 4.98 Å². The lowest BCUT2D eigenvalue weighted by molar-refractivity contribution is 0.198. The lowest BCUT2D eigenvalue weighted by Crippen LogP contribution is -1.97. The maximum atomic E-state index is 9.58. The van der Waals surface area contributed by atoms with E-state index in [1.807, 2.05) is 19.9 Å². The van der Waals surface area contributed by atoms with E-state index in [2.05, 4.69) is 18.0 Å². The van der Waals surface area contributed by atoms with Crippen LogP contribution in [0.3, 0.4) is 0 Å². The molecule has 1 aromatic carbocycles. The minimum absolute atomic E-state index is 0.509. The van der Waals surface area contributed by atoms with Crippen LogP contribution in [0.15, 0.2) is 30.5 Å². The minimum atomic E-state index is -0.523. The van der Waals surface area contributed by atoms with Gasteiger partial charge in [-0.2, -0.15) is 0 Å². The smallest absolute Gasteiger partial charge is 0.219 e. The summed E-state index contributed by atoms with van der Waals surface area (Å²) < 4.78 is 5.89. The van der Waals surface area contributed by atoms with Gasteiger partial charge in [-0.25, -0.2) is 4.98 Å². The third-order valence-electron chi connectivity index (χ3n) is 3.32. The first-order chi connectivity index (χ1) is 8.99. The number of aryl methyl sites for hydroxylation is 2. The van der Waals surface area contributed by atoms with E-state index in [-0.39, 0.29) is 0 Å².